The summed E-state index contributed by atoms with van der Waals surface area (Å²) in [5.74, 6) is 2.57. The second-order valence-electron chi connectivity index (χ2n) is 4.71. The van der Waals surface area contributed by atoms with Crippen molar-refractivity contribution in [2.75, 3.05) is 0 Å². The molecular weight excluding hydrogens is 324 g/mol. The number of hydrogen-bond donors (Lipinski definition) is 0. The van der Waals surface area contributed by atoms with Crippen molar-refractivity contribution in [3.63, 3.8) is 0 Å². The summed E-state index contributed by atoms with van der Waals surface area (Å²) in [6.07, 6.45) is 0. The van der Waals surface area contributed by atoms with E-state index in [0.717, 1.165) is 21.5 Å². The average molecular weight is 340 g/mol. The van der Waals surface area contributed by atoms with Crippen molar-refractivity contribution in [2.45, 2.75) is 25.6 Å². The Hall–Kier alpha value is -0.990. The summed E-state index contributed by atoms with van der Waals surface area (Å²) in [6, 6.07) is 14.0. The molecule has 2 aromatic rings. The highest BCUT2D eigenvalue weighted by molar-refractivity contribution is 9.10. The molecule has 3 heteroatoms. The summed E-state index contributed by atoms with van der Waals surface area (Å²) < 4.78 is 6.95. The van der Waals surface area contributed by atoms with Gasteiger partial charge in [0, 0.05) is 10.0 Å². The molecule has 0 aliphatic carbocycles. The molecule has 0 N–H and O–H groups in total. The first-order valence-corrected chi connectivity index (χ1v) is 7.55. The van der Waals surface area contributed by atoms with Gasteiger partial charge in [0.2, 0.25) is 0 Å². The van der Waals surface area contributed by atoms with Crippen LogP contribution in [-0.4, -0.2) is 0 Å². The van der Waals surface area contributed by atoms with E-state index in [1.54, 1.807) is 0 Å². The molecule has 0 saturated heterocycles. The maximum Gasteiger partial charge on any atom is 0.131 e. The summed E-state index contributed by atoms with van der Waals surface area (Å²) >= 11 is 9.39. The zero-order chi connectivity index (χ0) is 13.8. The van der Waals surface area contributed by atoms with Crippen LogP contribution in [0.5, 0.6) is 11.5 Å². The second kappa shape index (κ2) is 6.44. The summed E-state index contributed by atoms with van der Waals surface area (Å²) in [4.78, 5) is 0. The van der Waals surface area contributed by atoms with E-state index in [2.05, 4.69) is 41.9 Å². The van der Waals surface area contributed by atoms with E-state index in [0.29, 0.717) is 11.8 Å². The van der Waals surface area contributed by atoms with Crippen molar-refractivity contribution in [2.24, 2.45) is 0 Å². The lowest BCUT2D eigenvalue weighted by atomic mass is 10.0. The van der Waals surface area contributed by atoms with Gasteiger partial charge in [-0.25, -0.2) is 0 Å². The van der Waals surface area contributed by atoms with Gasteiger partial charge in [0.1, 0.15) is 11.5 Å². The van der Waals surface area contributed by atoms with E-state index in [-0.39, 0.29) is 0 Å². The topological polar surface area (TPSA) is 9.23 Å². The van der Waals surface area contributed by atoms with Gasteiger partial charge in [-0.3, -0.25) is 0 Å². The molecule has 0 fully saturated rings. The highest BCUT2D eigenvalue weighted by atomic mass is 79.9. The smallest absolute Gasteiger partial charge is 0.131 e. The molecule has 0 saturated carbocycles. The standard InChI is InChI=1S/C16H16BrClO/c1-11(2)12-4-3-5-15(9-12)19-16-7-6-14(17)8-13(16)10-18/h3-9,11H,10H2,1-2H3. The Morgan fingerprint density at radius 3 is 2.63 bits per heavy atom. The largest absolute Gasteiger partial charge is 0.457 e. The maximum atomic E-state index is 5.95. The minimum atomic E-state index is 0.429. The Kier molecular flexibility index (Phi) is 4.89. The van der Waals surface area contributed by atoms with Crippen molar-refractivity contribution in [3.8, 4) is 11.5 Å². The second-order valence-corrected chi connectivity index (χ2v) is 5.90. The normalized spacial score (nSPS) is 10.8. The van der Waals surface area contributed by atoms with Gasteiger partial charge in [-0.2, -0.15) is 0 Å². The third kappa shape index (κ3) is 3.74. The molecule has 100 valence electrons. The monoisotopic (exact) mass is 338 g/mol. The lowest BCUT2D eigenvalue weighted by molar-refractivity contribution is 0.477. The molecule has 0 bridgehead atoms. The first-order valence-electron chi connectivity index (χ1n) is 6.22. The highest BCUT2D eigenvalue weighted by Crippen LogP contribution is 2.30. The van der Waals surface area contributed by atoms with Crippen LogP contribution in [0.1, 0.15) is 30.9 Å². The first kappa shape index (κ1) is 14.4. The van der Waals surface area contributed by atoms with E-state index in [1.165, 1.54) is 5.56 Å². The van der Waals surface area contributed by atoms with Crippen LogP contribution in [0.2, 0.25) is 0 Å². The SMILES string of the molecule is CC(C)c1cccc(Oc2ccc(Br)cc2CCl)c1. The number of ether oxygens (including phenoxy) is 1. The number of hydrogen-bond acceptors (Lipinski definition) is 1. The van der Waals surface area contributed by atoms with Crippen LogP contribution in [-0.2, 0) is 5.88 Å². The number of halogens is 2. The van der Waals surface area contributed by atoms with Gasteiger partial charge in [-0.05, 0) is 41.8 Å². The van der Waals surface area contributed by atoms with E-state index < -0.39 is 0 Å². The Labute approximate surface area is 127 Å². The lowest BCUT2D eigenvalue weighted by Gasteiger charge is -2.12. The Bertz CT molecular complexity index is 566. The molecule has 1 nitrogen and oxygen atoms in total. The molecule has 0 aliphatic rings. The fourth-order valence-electron chi connectivity index (χ4n) is 1.82. The van der Waals surface area contributed by atoms with Gasteiger partial charge in [0.25, 0.3) is 0 Å². The molecule has 2 aromatic carbocycles. The third-order valence-corrected chi connectivity index (χ3v) is 3.70. The Morgan fingerprint density at radius 2 is 1.95 bits per heavy atom. The summed E-state index contributed by atoms with van der Waals surface area (Å²) in [5, 5.41) is 0. The first-order chi connectivity index (χ1) is 9.10. The predicted molar refractivity (Wildman–Crippen MR) is 84.3 cm³/mol. The van der Waals surface area contributed by atoms with Gasteiger partial charge in [0.05, 0.1) is 5.88 Å². The number of alkyl halides is 1. The van der Waals surface area contributed by atoms with Crippen molar-refractivity contribution >= 4 is 27.5 Å². The molecule has 0 aromatic heterocycles. The minimum absolute atomic E-state index is 0.429. The molecule has 0 unspecified atom stereocenters. The Morgan fingerprint density at radius 1 is 1.16 bits per heavy atom. The van der Waals surface area contributed by atoms with Gasteiger partial charge in [0.15, 0.2) is 0 Å². The molecule has 0 radical (unpaired) electrons. The highest BCUT2D eigenvalue weighted by Gasteiger charge is 2.06. The summed E-state index contributed by atoms with van der Waals surface area (Å²) in [6.45, 7) is 4.34. The van der Waals surface area contributed by atoms with Crippen LogP contribution < -0.4 is 4.74 Å². The van der Waals surface area contributed by atoms with Crippen LogP contribution in [0, 0.1) is 0 Å². The molecule has 0 heterocycles. The van der Waals surface area contributed by atoms with Crippen LogP contribution in [0.3, 0.4) is 0 Å². The van der Waals surface area contributed by atoms with Crippen LogP contribution >= 0.6 is 27.5 Å². The van der Waals surface area contributed by atoms with E-state index in [4.69, 9.17) is 16.3 Å². The molecule has 0 atom stereocenters. The average Bonchev–Trinajstić information content (AvgIpc) is 2.41. The lowest BCUT2D eigenvalue weighted by Crippen LogP contribution is -1.92. The van der Waals surface area contributed by atoms with Crippen molar-refractivity contribution in [1.82, 2.24) is 0 Å². The van der Waals surface area contributed by atoms with Gasteiger partial charge >= 0.3 is 0 Å². The van der Waals surface area contributed by atoms with Gasteiger partial charge in [-0.15, -0.1) is 11.6 Å². The minimum Gasteiger partial charge on any atom is -0.457 e. The van der Waals surface area contributed by atoms with Crippen molar-refractivity contribution < 1.29 is 4.74 Å². The number of rotatable bonds is 4. The zero-order valence-corrected chi connectivity index (χ0v) is 13.3. The van der Waals surface area contributed by atoms with Gasteiger partial charge in [-0.1, -0.05) is 41.9 Å². The quantitative estimate of drug-likeness (QED) is 0.611. The molecule has 19 heavy (non-hydrogen) atoms. The maximum absolute atomic E-state index is 5.95. The zero-order valence-electron chi connectivity index (χ0n) is 11.0. The molecular formula is C16H16BrClO. The third-order valence-electron chi connectivity index (χ3n) is 2.92. The number of benzene rings is 2. The fraction of sp³-hybridized carbons (Fsp3) is 0.250. The van der Waals surface area contributed by atoms with E-state index in [1.807, 2.05) is 30.3 Å². The summed E-state index contributed by atoms with van der Waals surface area (Å²) in [7, 11) is 0. The predicted octanol–water partition coefficient (Wildman–Crippen LogP) is 6.10. The van der Waals surface area contributed by atoms with Crippen LogP contribution in [0.15, 0.2) is 46.9 Å². The van der Waals surface area contributed by atoms with Crippen LogP contribution in [0.4, 0.5) is 0 Å². The van der Waals surface area contributed by atoms with Gasteiger partial charge < -0.3 is 4.74 Å². The van der Waals surface area contributed by atoms with Crippen molar-refractivity contribution in [3.05, 3.63) is 58.1 Å². The molecule has 0 aliphatic heterocycles. The van der Waals surface area contributed by atoms with Crippen molar-refractivity contribution in [1.29, 1.82) is 0 Å². The summed E-state index contributed by atoms with van der Waals surface area (Å²) in [5.41, 5.74) is 2.24. The molecule has 0 amide bonds. The van der Waals surface area contributed by atoms with Crippen LogP contribution in [0.25, 0.3) is 0 Å². The fourth-order valence-corrected chi connectivity index (χ4v) is 2.43. The van der Waals surface area contributed by atoms with E-state index in [9.17, 15) is 0 Å². The Balaban J connectivity index is 2.28. The van der Waals surface area contributed by atoms with E-state index >= 15 is 0 Å². The molecule has 2 rings (SSSR count). The molecule has 0 spiro atoms.